The Morgan fingerprint density at radius 3 is 2.92 bits per heavy atom. The van der Waals surface area contributed by atoms with Gasteiger partial charge in [0.05, 0.1) is 11.1 Å². The van der Waals surface area contributed by atoms with Crippen molar-refractivity contribution in [2.45, 2.75) is 12.5 Å². The minimum Gasteiger partial charge on any atom is -0.368 e. The van der Waals surface area contributed by atoms with Crippen LogP contribution in [0.3, 0.4) is 0 Å². The Bertz CT molecular complexity index is 316. The number of hydrogen-bond acceptors (Lipinski definition) is 3. The molecule has 0 aliphatic rings. The van der Waals surface area contributed by atoms with Crippen molar-refractivity contribution in [1.29, 1.82) is 0 Å². The highest BCUT2D eigenvalue weighted by Crippen LogP contribution is 2.14. The molecular weight excluding hydrogens is 190 g/mol. The number of halogens is 1. The van der Waals surface area contributed by atoms with Gasteiger partial charge >= 0.3 is 0 Å². The van der Waals surface area contributed by atoms with Crippen LogP contribution in [0.4, 0.5) is 0 Å². The predicted molar refractivity (Wildman–Crippen MR) is 50.1 cm³/mol. The summed E-state index contributed by atoms with van der Waals surface area (Å²) in [4.78, 5) is 14.5. The molecule has 0 aliphatic carbocycles. The molecule has 1 rings (SSSR count). The van der Waals surface area contributed by atoms with Gasteiger partial charge in [0, 0.05) is 12.4 Å². The van der Waals surface area contributed by atoms with Crippen molar-refractivity contribution < 1.29 is 4.79 Å². The van der Waals surface area contributed by atoms with Crippen molar-refractivity contribution in [2.24, 2.45) is 11.5 Å². The van der Waals surface area contributed by atoms with Crippen LogP contribution < -0.4 is 11.5 Å². The normalized spacial score (nSPS) is 12.5. The third-order valence-corrected chi connectivity index (χ3v) is 2.00. The summed E-state index contributed by atoms with van der Waals surface area (Å²) in [7, 11) is 0. The van der Waals surface area contributed by atoms with Gasteiger partial charge in [-0.05, 0) is 18.1 Å². The lowest BCUT2D eigenvalue weighted by atomic mass is 10.1. The monoisotopic (exact) mass is 199 g/mol. The second kappa shape index (κ2) is 4.20. The SMILES string of the molecule is NC(=O)C(N)Cc1ccncc1Cl. The number of carbonyl (C=O) groups is 1. The molecule has 4 N–H and O–H groups in total. The molecule has 0 radical (unpaired) electrons. The van der Waals surface area contributed by atoms with Gasteiger partial charge in [-0.1, -0.05) is 11.6 Å². The van der Waals surface area contributed by atoms with Crippen LogP contribution in [0.15, 0.2) is 18.5 Å². The Balaban J connectivity index is 2.74. The molecule has 1 aromatic rings. The predicted octanol–water partition coefficient (Wildman–Crippen LogP) is 0.0901. The Hall–Kier alpha value is -1.13. The molecule has 1 aromatic heterocycles. The minimum absolute atomic E-state index is 0.344. The Morgan fingerprint density at radius 1 is 1.69 bits per heavy atom. The van der Waals surface area contributed by atoms with Crippen molar-refractivity contribution in [1.82, 2.24) is 4.98 Å². The molecule has 4 nitrogen and oxygen atoms in total. The molecule has 1 unspecified atom stereocenters. The second-order valence-electron chi connectivity index (χ2n) is 2.68. The zero-order chi connectivity index (χ0) is 9.84. The standard InChI is InChI=1S/C8H10ClN3O/c9-6-4-12-2-1-5(6)3-7(10)8(11)13/h1-2,4,7H,3,10H2,(H2,11,13). The van der Waals surface area contributed by atoms with Gasteiger partial charge in [0.1, 0.15) is 0 Å². The minimum atomic E-state index is -0.695. The number of primary amides is 1. The molecule has 0 saturated carbocycles. The van der Waals surface area contributed by atoms with E-state index in [2.05, 4.69) is 4.98 Å². The molecule has 1 amide bonds. The molecule has 13 heavy (non-hydrogen) atoms. The van der Waals surface area contributed by atoms with Gasteiger partial charge in [-0.15, -0.1) is 0 Å². The molecule has 0 bridgehead atoms. The molecule has 70 valence electrons. The summed E-state index contributed by atoms with van der Waals surface area (Å²) in [5.74, 6) is -0.534. The van der Waals surface area contributed by atoms with E-state index >= 15 is 0 Å². The lowest BCUT2D eigenvalue weighted by molar-refractivity contribution is -0.119. The maximum Gasteiger partial charge on any atom is 0.234 e. The topological polar surface area (TPSA) is 82.0 Å². The van der Waals surface area contributed by atoms with Crippen LogP contribution in [0, 0.1) is 0 Å². The van der Waals surface area contributed by atoms with Gasteiger partial charge in [0.2, 0.25) is 5.91 Å². The van der Waals surface area contributed by atoms with E-state index < -0.39 is 11.9 Å². The van der Waals surface area contributed by atoms with Gasteiger partial charge < -0.3 is 11.5 Å². The van der Waals surface area contributed by atoms with Crippen LogP contribution in [0.1, 0.15) is 5.56 Å². The maximum atomic E-state index is 10.7. The summed E-state index contributed by atoms with van der Waals surface area (Å²) >= 11 is 5.80. The Morgan fingerprint density at radius 2 is 2.38 bits per heavy atom. The van der Waals surface area contributed by atoms with Crippen molar-refractivity contribution in [3.63, 3.8) is 0 Å². The summed E-state index contributed by atoms with van der Waals surface area (Å²) in [5, 5.41) is 0.499. The molecule has 0 fully saturated rings. The first-order valence-electron chi connectivity index (χ1n) is 3.74. The highest BCUT2D eigenvalue weighted by Gasteiger charge is 2.11. The van der Waals surface area contributed by atoms with E-state index in [1.54, 1.807) is 12.3 Å². The largest absolute Gasteiger partial charge is 0.368 e. The number of aromatic nitrogens is 1. The number of amides is 1. The van der Waals surface area contributed by atoms with Crippen molar-refractivity contribution in [2.75, 3.05) is 0 Å². The second-order valence-corrected chi connectivity index (χ2v) is 3.09. The first kappa shape index (κ1) is 9.95. The van der Waals surface area contributed by atoms with E-state index in [0.717, 1.165) is 5.56 Å². The number of pyridine rings is 1. The Labute approximate surface area is 80.9 Å². The van der Waals surface area contributed by atoms with Crippen molar-refractivity contribution >= 4 is 17.5 Å². The lowest BCUT2D eigenvalue weighted by Crippen LogP contribution is -2.38. The maximum absolute atomic E-state index is 10.7. The van der Waals surface area contributed by atoms with Gasteiger partial charge in [-0.3, -0.25) is 9.78 Å². The Kier molecular flexibility index (Phi) is 3.22. The van der Waals surface area contributed by atoms with Crippen molar-refractivity contribution in [3.05, 3.63) is 29.0 Å². The van der Waals surface area contributed by atoms with E-state index in [1.807, 2.05) is 0 Å². The molecule has 0 saturated heterocycles. The smallest absolute Gasteiger partial charge is 0.234 e. The summed E-state index contributed by atoms with van der Waals surface area (Å²) in [6.45, 7) is 0. The lowest BCUT2D eigenvalue weighted by Gasteiger charge is -2.07. The first-order chi connectivity index (χ1) is 6.11. The van der Waals surface area contributed by atoms with Crippen LogP contribution in [0.2, 0.25) is 5.02 Å². The summed E-state index contributed by atoms with van der Waals surface area (Å²) < 4.78 is 0. The van der Waals surface area contributed by atoms with Gasteiger partial charge in [0.25, 0.3) is 0 Å². The molecular formula is C8H10ClN3O. The van der Waals surface area contributed by atoms with E-state index in [0.29, 0.717) is 11.4 Å². The third kappa shape index (κ3) is 2.68. The highest BCUT2D eigenvalue weighted by atomic mass is 35.5. The van der Waals surface area contributed by atoms with Crippen molar-refractivity contribution in [3.8, 4) is 0 Å². The average molecular weight is 200 g/mol. The number of hydrogen-bond donors (Lipinski definition) is 2. The summed E-state index contributed by atoms with van der Waals surface area (Å²) in [6.07, 6.45) is 3.44. The number of carbonyl (C=O) groups excluding carboxylic acids is 1. The fourth-order valence-electron chi connectivity index (χ4n) is 0.907. The van der Waals surface area contributed by atoms with E-state index in [9.17, 15) is 4.79 Å². The summed E-state index contributed by atoms with van der Waals surface area (Å²) in [5.41, 5.74) is 11.3. The first-order valence-corrected chi connectivity index (χ1v) is 4.12. The van der Waals surface area contributed by atoms with E-state index in [1.165, 1.54) is 6.20 Å². The fraction of sp³-hybridized carbons (Fsp3) is 0.250. The zero-order valence-corrected chi connectivity index (χ0v) is 7.66. The molecule has 0 aromatic carbocycles. The quantitative estimate of drug-likeness (QED) is 0.724. The number of rotatable bonds is 3. The summed E-state index contributed by atoms with van der Waals surface area (Å²) in [6, 6.07) is 1.02. The number of nitrogens with zero attached hydrogens (tertiary/aromatic N) is 1. The molecule has 1 heterocycles. The average Bonchev–Trinajstić information content (AvgIpc) is 2.08. The van der Waals surface area contributed by atoms with Crippen LogP contribution in [-0.2, 0) is 11.2 Å². The van der Waals surface area contributed by atoms with Crippen LogP contribution in [-0.4, -0.2) is 16.9 Å². The third-order valence-electron chi connectivity index (χ3n) is 1.66. The number of nitrogens with two attached hydrogens (primary N) is 2. The highest BCUT2D eigenvalue weighted by molar-refractivity contribution is 6.31. The molecule has 0 spiro atoms. The van der Waals surface area contributed by atoms with E-state index in [-0.39, 0.29) is 0 Å². The fourth-order valence-corrected chi connectivity index (χ4v) is 1.10. The molecule has 5 heteroatoms. The van der Waals surface area contributed by atoms with Gasteiger partial charge in [-0.25, -0.2) is 0 Å². The van der Waals surface area contributed by atoms with Crippen LogP contribution >= 0.6 is 11.6 Å². The van der Waals surface area contributed by atoms with Gasteiger partial charge in [0.15, 0.2) is 0 Å². The van der Waals surface area contributed by atoms with E-state index in [4.69, 9.17) is 23.1 Å². The van der Waals surface area contributed by atoms with Crippen LogP contribution in [0.5, 0.6) is 0 Å². The zero-order valence-electron chi connectivity index (χ0n) is 6.90. The molecule has 0 aliphatic heterocycles. The molecule has 1 atom stereocenters. The van der Waals surface area contributed by atoms with Crippen LogP contribution in [0.25, 0.3) is 0 Å². The van der Waals surface area contributed by atoms with Gasteiger partial charge in [-0.2, -0.15) is 0 Å².